The van der Waals surface area contributed by atoms with E-state index < -0.39 is 0 Å². The van der Waals surface area contributed by atoms with Gasteiger partial charge in [0.25, 0.3) is 0 Å². The highest BCUT2D eigenvalue weighted by atomic mass is 32.1. The third-order valence-electron chi connectivity index (χ3n) is 3.75. The van der Waals surface area contributed by atoms with Crippen molar-refractivity contribution in [3.63, 3.8) is 0 Å². The first kappa shape index (κ1) is 9.80. The van der Waals surface area contributed by atoms with Crippen LogP contribution in [0.1, 0.15) is 27.8 Å². The smallest absolute Gasteiger partial charge is 0.0979 e. The fourth-order valence-electron chi connectivity index (χ4n) is 2.82. The molecular formula is C14H14N2S. The number of rotatable bonds is 1. The van der Waals surface area contributed by atoms with Crippen molar-refractivity contribution < 1.29 is 0 Å². The fraction of sp³-hybridized carbons (Fsp3) is 0.357. The van der Waals surface area contributed by atoms with Crippen LogP contribution in [0.5, 0.6) is 0 Å². The standard InChI is InChI=1S/C14H14N2S/c1-2-4-11-9(3-1)7-12-13(11)16-14(17-12)10-5-6-15-8-10/h1-4,10,15H,5-8H2/t10-/m0/s1. The van der Waals surface area contributed by atoms with Gasteiger partial charge < -0.3 is 5.32 Å². The van der Waals surface area contributed by atoms with E-state index in [4.69, 9.17) is 4.98 Å². The molecule has 2 aromatic rings. The van der Waals surface area contributed by atoms with Gasteiger partial charge in [-0.3, -0.25) is 0 Å². The molecule has 17 heavy (non-hydrogen) atoms. The molecule has 0 amide bonds. The summed E-state index contributed by atoms with van der Waals surface area (Å²) in [5.41, 5.74) is 4.06. The lowest BCUT2D eigenvalue weighted by Gasteiger charge is -2.03. The lowest BCUT2D eigenvalue weighted by molar-refractivity contribution is 0.756. The Morgan fingerprint density at radius 2 is 2.24 bits per heavy atom. The predicted molar refractivity (Wildman–Crippen MR) is 70.6 cm³/mol. The van der Waals surface area contributed by atoms with Gasteiger partial charge in [0.1, 0.15) is 0 Å². The summed E-state index contributed by atoms with van der Waals surface area (Å²) in [6.45, 7) is 2.25. The molecule has 86 valence electrons. The van der Waals surface area contributed by atoms with E-state index in [2.05, 4.69) is 29.6 Å². The Balaban J connectivity index is 1.77. The summed E-state index contributed by atoms with van der Waals surface area (Å²) in [6.07, 6.45) is 2.33. The zero-order valence-corrected chi connectivity index (χ0v) is 10.4. The van der Waals surface area contributed by atoms with E-state index in [1.165, 1.54) is 33.1 Å². The number of hydrogen-bond acceptors (Lipinski definition) is 3. The maximum absolute atomic E-state index is 4.89. The van der Waals surface area contributed by atoms with Crippen molar-refractivity contribution in [2.24, 2.45) is 0 Å². The molecule has 0 spiro atoms. The van der Waals surface area contributed by atoms with Gasteiger partial charge in [-0.15, -0.1) is 11.3 Å². The molecule has 3 heteroatoms. The second kappa shape index (κ2) is 3.65. The number of thiazole rings is 1. The zero-order valence-electron chi connectivity index (χ0n) is 9.57. The lowest BCUT2D eigenvalue weighted by atomic mass is 10.1. The molecule has 4 rings (SSSR count). The van der Waals surface area contributed by atoms with Crippen LogP contribution in [-0.4, -0.2) is 18.1 Å². The molecule has 1 N–H and O–H groups in total. The van der Waals surface area contributed by atoms with Crippen LogP contribution in [0.3, 0.4) is 0 Å². The molecule has 1 saturated heterocycles. The SMILES string of the molecule is c1ccc2c(c1)Cc1sc([C@H]3CCNC3)nc1-2. The van der Waals surface area contributed by atoms with Gasteiger partial charge >= 0.3 is 0 Å². The van der Waals surface area contributed by atoms with Gasteiger partial charge in [-0.25, -0.2) is 4.98 Å². The first-order chi connectivity index (χ1) is 8.42. The highest BCUT2D eigenvalue weighted by Crippen LogP contribution is 2.41. The van der Waals surface area contributed by atoms with E-state index >= 15 is 0 Å². The molecule has 0 unspecified atom stereocenters. The maximum Gasteiger partial charge on any atom is 0.0979 e. The van der Waals surface area contributed by atoms with E-state index in [-0.39, 0.29) is 0 Å². The normalized spacial score (nSPS) is 21.5. The van der Waals surface area contributed by atoms with Crippen molar-refractivity contribution in [2.45, 2.75) is 18.8 Å². The van der Waals surface area contributed by atoms with Gasteiger partial charge in [0.05, 0.1) is 10.7 Å². The number of nitrogens with one attached hydrogen (secondary N) is 1. The van der Waals surface area contributed by atoms with Crippen LogP contribution in [0, 0.1) is 0 Å². The van der Waals surface area contributed by atoms with Crippen LogP contribution in [0.25, 0.3) is 11.3 Å². The molecule has 0 saturated carbocycles. The predicted octanol–water partition coefficient (Wildman–Crippen LogP) is 2.79. The Morgan fingerprint density at radius 3 is 3.12 bits per heavy atom. The minimum Gasteiger partial charge on any atom is -0.316 e. The Hall–Kier alpha value is -1.19. The molecular weight excluding hydrogens is 228 g/mol. The number of aromatic nitrogens is 1. The van der Waals surface area contributed by atoms with Crippen molar-refractivity contribution in [1.82, 2.24) is 10.3 Å². The van der Waals surface area contributed by atoms with Gasteiger partial charge in [-0.05, 0) is 18.5 Å². The van der Waals surface area contributed by atoms with Gasteiger partial charge in [-0.2, -0.15) is 0 Å². The van der Waals surface area contributed by atoms with Gasteiger partial charge in [0, 0.05) is 29.3 Å². The molecule has 2 nitrogen and oxygen atoms in total. The van der Waals surface area contributed by atoms with E-state index in [9.17, 15) is 0 Å². The number of hydrogen-bond donors (Lipinski definition) is 1. The van der Waals surface area contributed by atoms with E-state index in [1.54, 1.807) is 0 Å². The first-order valence-corrected chi connectivity index (χ1v) is 7.02. The topological polar surface area (TPSA) is 24.9 Å². The first-order valence-electron chi connectivity index (χ1n) is 6.20. The summed E-state index contributed by atoms with van der Waals surface area (Å²) in [6, 6.07) is 8.67. The molecule has 0 bridgehead atoms. The van der Waals surface area contributed by atoms with Gasteiger partial charge in [0.15, 0.2) is 0 Å². The summed E-state index contributed by atoms with van der Waals surface area (Å²) >= 11 is 1.92. The highest BCUT2D eigenvalue weighted by Gasteiger charge is 2.26. The lowest BCUT2D eigenvalue weighted by Crippen LogP contribution is -2.07. The number of benzene rings is 1. The quantitative estimate of drug-likeness (QED) is 0.710. The molecule has 2 aliphatic rings. The van der Waals surface area contributed by atoms with E-state index in [0.717, 1.165) is 19.5 Å². The van der Waals surface area contributed by atoms with Crippen LogP contribution in [0.4, 0.5) is 0 Å². The monoisotopic (exact) mass is 242 g/mol. The Morgan fingerprint density at radius 1 is 1.29 bits per heavy atom. The second-order valence-electron chi connectivity index (χ2n) is 4.85. The summed E-state index contributed by atoms with van der Waals surface area (Å²) in [5.74, 6) is 0.651. The average Bonchev–Trinajstić information content (AvgIpc) is 3.03. The average molecular weight is 242 g/mol. The van der Waals surface area contributed by atoms with Crippen molar-refractivity contribution in [2.75, 3.05) is 13.1 Å². The van der Waals surface area contributed by atoms with Crippen LogP contribution in [-0.2, 0) is 6.42 Å². The molecule has 1 aromatic heterocycles. The minimum atomic E-state index is 0.651. The summed E-state index contributed by atoms with van der Waals surface area (Å²) in [5, 5.41) is 4.76. The Kier molecular flexibility index (Phi) is 2.11. The van der Waals surface area contributed by atoms with Crippen molar-refractivity contribution in [3.05, 3.63) is 39.7 Å². The molecule has 1 aliphatic heterocycles. The summed E-state index contributed by atoms with van der Waals surface area (Å²) < 4.78 is 0. The Bertz CT molecular complexity index is 567. The molecule has 1 fully saturated rings. The zero-order chi connectivity index (χ0) is 11.2. The second-order valence-corrected chi connectivity index (χ2v) is 5.96. The fourth-order valence-corrected chi connectivity index (χ4v) is 4.06. The molecule has 1 atom stereocenters. The summed E-state index contributed by atoms with van der Waals surface area (Å²) in [7, 11) is 0. The summed E-state index contributed by atoms with van der Waals surface area (Å²) in [4.78, 5) is 6.36. The Labute approximate surface area is 105 Å². The van der Waals surface area contributed by atoms with Crippen LogP contribution < -0.4 is 5.32 Å². The van der Waals surface area contributed by atoms with Gasteiger partial charge in [0.2, 0.25) is 0 Å². The molecule has 2 heterocycles. The molecule has 1 aliphatic carbocycles. The van der Waals surface area contributed by atoms with Crippen LogP contribution in [0.15, 0.2) is 24.3 Å². The minimum absolute atomic E-state index is 0.651. The molecule has 0 radical (unpaired) electrons. The van der Waals surface area contributed by atoms with Gasteiger partial charge in [-0.1, -0.05) is 24.3 Å². The van der Waals surface area contributed by atoms with Crippen LogP contribution >= 0.6 is 11.3 Å². The third-order valence-corrected chi connectivity index (χ3v) is 4.96. The van der Waals surface area contributed by atoms with Crippen LogP contribution in [0.2, 0.25) is 0 Å². The van der Waals surface area contributed by atoms with Crippen molar-refractivity contribution in [1.29, 1.82) is 0 Å². The van der Waals surface area contributed by atoms with Crippen molar-refractivity contribution >= 4 is 11.3 Å². The largest absolute Gasteiger partial charge is 0.316 e. The highest BCUT2D eigenvalue weighted by molar-refractivity contribution is 7.12. The van der Waals surface area contributed by atoms with E-state index in [0.29, 0.717) is 5.92 Å². The van der Waals surface area contributed by atoms with Crippen molar-refractivity contribution in [3.8, 4) is 11.3 Å². The number of fused-ring (bicyclic) bond motifs is 3. The maximum atomic E-state index is 4.89. The molecule has 1 aromatic carbocycles. The third kappa shape index (κ3) is 1.46. The number of nitrogens with zero attached hydrogens (tertiary/aromatic N) is 1. The van der Waals surface area contributed by atoms with E-state index in [1.807, 2.05) is 11.3 Å².